The SMILES string of the molecule is CC1(C)CCCC1Nc1cc(C(=O)O)c(N)cn1. The van der Waals surface area contributed by atoms with Crippen LogP contribution < -0.4 is 11.1 Å². The molecule has 0 radical (unpaired) electrons. The average molecular weight is 249 g/mol. The van der Waals surface area contributed by atoms with Crippen molar-refractivity contribution in [2.75, 3.05) is 11.1 Å². The van der Waals surface area contributed by atoms with E-state index in [0.717, 1.165) is 6.42 Å². The molecule has 1 aliphatic carbocycles. The van der Waals surface area contributed by atoms with Crippen LogP contribution in [0.2, 0.25) is 0 Å². The number of hydrogen-bond donors (Lipinski definition) is 3. The van der Waals surface area contributed by atoms with E-state index >= 15 is 0 Å². The van der Waals surface area contributed by atoms with Crippen LogP contribution in [0.1, 0.15) is 43.5 Å². The molecule has 1 aliphatic rings. The van der Waals surface area contributed by atoms with Gasteiger partial charge in [-0.1, -0.05) is 20.3 Å². The summed E-state index contributed by atoms with van der Waals surface area (Å²) in [5.74, 6) is -0.440. The highest BCUT2D eigenvalue weighted by molar-refractivity contribution is 5.94. The molecule has 1 saturated carbocycles. The number of nitrogens with two attached hydrogens (primary N) is 1. The number of aromatic nitrogens is 1. The predicted octanol–water partition coefficient (Wildman–Crippen LogP) is 2.35. The van der Waals surface area contributed by atoms with Gasteiger partial charge in [0.1, 0.15) is 5.82 Å². The first kappa shape index (κ1) is 12.7. The summed E-state index contributed by atoms with van der Waals surface area (Å²) in [7, 11) is 0. The van der Waals surface area contributed by atoms with E-state index in [2.05, 4.69) is 24.1 Å². The van der Waals surface area contributed by atoms with E-state index < -0.39 is 5.97 Å². The van der Waals surface area contributed by atoms with Gasteiger partial charge in [0.2, 0.25) is 0 Å². The largest absolute Gasteiger partial charge is 0.478 e. The number of nitrogens with one attached hydrogen (secondary N) is 1. The number of pyridine rings is 1. The molecular formula is C13H19N3O2. The minimum Gasteiger partial charge on any atom is -0.478 e. The lowest BCUT2D eigenvalue weighted by Gasteiger charge is -2.28. The van der Waals surface area contributed by atoms with Crippen molar-refractivity contribution in [3.63, 3.8) is 0 Å². The molecule has 0 aromatic carbocycles. The van der Waals surface area contributed by atoms with Gasteiger partial charge in [-0.2, -0.15) is 0 Å². The maximum atomic E-state index is 11.0. The lowest BCUT2D eigenvalue weighted by molar-refractivity contribution is 0.0698. The Bertz CT molecular complexity index is 471. The first-order valence-corrected chi connectivity index (χ1v) is 6.15. The van der Waals surface area contributed by atoms with E-state index in [9.17, 15) is 4.79 Å². The van der Waals surface area contributed by atoms with Crippen LogP contribution in [-0.4, -0.2) is 22.1 Å². The van der Waals surface area contributed by atoms with Gasteiger partial charge >= 0.3 is 5.97 Å². The Morgan fingerprint density at radius 1 is 1.61 bits per heavy atom. The number of rotatable bonds is 3. The van der Waals surface area contributed by atoms with Crippen LogP contribution in [0.15, 0.2) is 12.3 Å². The first-order chi connectivity index (χ1) is 8.40. The molecule has 5 nitrogen and oxygen atoms in total. The Morgan fingerprint density at radius 3 is 2.89 bits per heavy atom. The third kappa shape index (κ3) is 2.39. The highest BCUT2D eigenvalue weighted by atomic mass is 16.4. The summed E-state index contributed by atoms with van der Waals surface area (Å²) >= 11 is 0. The Labute approximate surface area is 106 Å². The highest BCUT2D eigenvalue weighted by Gasteiger charge is 2.34. The van der Waals surface area contributed by atoms with Gasteiger partial charge in [-0.3, -0.25) is 0 Å². The zero-order valence-electron chi connectivity index (χ0n) is 10.7. The predicted molar refractivity (Wildman–Crippen MR) is 70.7 cm³/mol. The molecule has 1 aromatic rings. The molecule has 0 amide bonds. The maximum absolute atomic E-state index is 11.0. The number of nitrogen functional groups attached to an aromatic ring is 1. The van der Waals surface area contributed by atoms with Crippen molar-refractivity contribution >= 4 is 17.5 Å². The van der Waals surface area contributed by atoms with E-state index in [1.54, 1.807) is 0 Å². The summed E-state index contributed by atoms with van der Waals surface area (Å²) in [6, 6.07) is 1.83. The molecule has 1 aromatic heterocycles. The smallest absolute Gasteiger partial charge is 0.337 e. The van der Waals surface area contributed by atoms with Crippen LogP contribution in [0.25, 0.3) is 0 Å². The normalized spacial score (nSPS) is 21.8. The third-order valence-electron chi connectivity index (χ3n) is 3.74. The Kier molecular flexibility index (Phi) is 3.15. The van der Waals surface area contributed by atoms with Gasteiger partial charge in [0, 0.05) is 6.04 Å². The lowest BCUT2D eigenvalue weighted by Crippen LogP contribution is -2.31. The van der Waals surface area contributed by atoms with Crippen molar-refractivity contribution in [2.45, 2.75) is 39.2 Å². The second-order valence-corrected chi connectivity index (χ2v) is 5.54. The fourth-order valence-electron chi connectivity index (χ4n) is 2.50. The summed E-state index contributed by atoms with van der Waals surface area (Å²) in [6.45, 7) is 4.43. The molecule has 1 fully saturated rings. The molecule has 18 heavy (non-hydrogen) atoms. The van der Waals surface area contributed by atoms with E-state index in [4.69, 9.17) is 10.8 Å². The van der Waals surface area contributed by atoms with Gasteiger partial charge in [0.15, 0.2) is 0 Å². The number of anilines is 2. The zero-order valence-corrected chi connectivity index (χ0v) is 10.7. The molecule has 0 aliphatic heterocycles. The van der Waals surface area contributed by atoms with Crippen LogP contribution in [0.5, 0.6) is 0 Å². The Hall–Kier alpha value is -1.78. The Morgan fingerprint density at radius 2 is 2.33 bits per heavy atom. The van der Waals surface area contributed by atoms with Crippen LogP contribution in [-0.2, 0) is 0 Å². The van der Waals surface area contributed by atoms with Crippen molar-refractivity contribution in [3.8, 4) is 0 Å². The molecule has 0 saturated heterocycles. The number of carboxylic acids is 1. The number of hydrogen-bond acceptors (Lipinski definition) is 4. The van der Waals surface area contributed by atoms with Crippen LogP contribution in [0.3, 0.4) is 0 Å². The monoisotopic (exact) mass is 249 g/mol. The molecule has 0 spiro atoms. The molecular weight excluding hydrogens is 230 g/mol. The number of carbonyl (C=O) groups is 1. The van der Waals surface area contributed by atoms with Gasteiger partial charge in [0.05, 0.1) is 17.4 Å². The van der Waals surface area contributed by atoms with Crippen LogP contribution in [0.4, 0.5) is 11.5 Å². The summed E-state index contributed by atoms with van der Waals surface area (Å²) in [5.41, 5.74) is 6.09. The van der Waals surface area contributed by atoms with Gasteiger partial charge in [0.25, 0.3) is 0 Å². The lowest BCUT2D eigenvalue weighted by atomic mass is 9.87. The van der Waals surface area contributed by atoms with Crippen LogP contribution >= 0.6 is 0 Å². The molecule has 5 heteroatoms. The standard InChI is InChI=1S/C13H19N3O2/c1-13(2)5-3-4-10(13)16-11-6-8(12(17)18)9(14)7-15-11/h6-7,10H,3-5,14H2,1-2H3,(H,15,16)(H,17,18). The van der Waals surface area contributed by atoms with E-state index in [1.807, 2.05) is 0 Å². The third-order valence-corrected chi connectivity index (χ3v) is 3.74. The van der Waals surface area contributed by atoms with Gasteiger partial charge in [-0.05, 0) is 24.3 Å². The second-order valence-electron chi connectivity index (χ2n) is 5.54. The number of aromatic carboxylic acids is 1. The zero-order chi connectivity index (χ0) is 13.3. The second kappa shape index (κ2) is 4.48. The van der Waals surface area contributed by atoms with Crippen molar-refractivity contribution in [1.29, 1.82) is 0 Å². The summed E-state index contributed by atoms with van der Waals surface area (Å²) in [4.78, 5) is 15.2. The number of carboxylic acid groups (broad SMARTS) is 1. The number of nitrogens with zero attached hydrogens (tertiary/aromatic N) is 1. The molecule has 1 heterocycles. The molecule has 0 bridgehead atoms. The van der Waals surface area contributed by atoms with E-state index in [0.29, 0.717) is 11.9 Å². The topological polar surface area (TPSA) is 88.2 Å². The molecule has 1 unspecified atom stereocenters. The fraction of sp³-hybridized carbons (Fsp3) is 0.538. The fourth-order valence-corrected chi connectivity index (χ4v) is 2.50. The summed E-state index contributed by atoms with van der Waals surface area (Å²) in [6.07, 6.45) is 4.84. The molecule has 4 N–H and O–H groups in total. The van der Waals surface area contributed by atoms with Crippen LogP contribution in [0, 0.1) is 5.41 Å². The average Bonchev–Trinajstić information content (AvgIpc) is 2.60. The first-order valence-electron chi connectivity index (χ1n) is 6.15. The summed E-state index contributed by atoms with van der Waals surface area (Å²) in [5, 5.41) is 12.3. The quantitative estimate of drug-likeness (QED) is 0.765. The van der Waals surface area contributed by atoms with Gasteiger partial charge in [-0.25, -0.2) is 9.78 Å². The summed E-state index contributed by atoms with van der Waals surface area (Å²) < 4.78 is 0. The van der Waals surface area contributed by atoms with Crippen molar-refractivity contribution in [3.05, 3.63) is 17.8 Å². The van der Waals surface area contributed by atoms with Crippen molar-refractivity contribution < 1.29 is 9.90 Å². The minimum absolute atomic E-state index is 0.100. The molecule has 98 valence electrons. The van der Waals surface area contributed by atoms with E-state index in [-0.39, 0.29) is 16.7 Å². The molecule has 1 atom stereocenters. The molecule has 2 rings (SSSR count). The maximum Gasteiger partial charge on any atom is 0.337 e. The van der Waals surface area contributed by atoms with Gasteiger partial charge in [-0.15, -0.1) is 0 Å². The van der Waals surface area contributed by atoms with E-state index in [1.165, 1.54) is 25.1 Å². The van der Waals surface area contributed by atoms with Gasteiger partial charge < -0.3 is 16.2 Å². The Balaban J connectivity index is 2.20. The van der Waals surface area contributed by atoms with Crippen molar-refractivity contribution in [1.82, 2.24) is 4.98 Å². The minimum atomic E-state index is -1.02. The van der Waals surface area contributed by atoms with Crippen molar-refractivity contribution in [2.24, 2.45) is 5.41 Å². The highest BCUT2D eigenvalue weighted by Crippen LogP contribution is 2.38.